The Morgan fingerprint density at radius 3 is 2.74 bits per heavy atom. The monoisotopic (exact) mass is 324 g/mol. The second-order valence-electron chi connectivity index (χ2n) is 8.53. The number of piperidine rings is 1. The van der Waals surface area contributed by atoms with Crippen molar-refractivity contribution in [3.05, 3.63) is 0 Å². The van der Waals surface area contributed by atoms with Crippen molar-refractivity contribution in [2.24, 2.45) is 11.3 Å². The van der Waals surface area contributed by atoms with Gasteiger partial charge in [-0.2, -0.15) is 0 Å². The van der Waals surface area contributed by atoms with E-state index >= 15 is 0 Å². The SMILES string of the molecule is CCOC(=O)N1CCC(C2CNCC3(CC3)O2)CC1C(C)(C)C. The Balaban J connectivity index is 1.68. The summed E-state index contributed by atoms with van der Waals surface area (Å²) in [4.78, 5) is 14.3. The summed E-state index contributed by atoms with van der Waals surface area (Å²) in [6, 6.07) is 0.209. The van der Waals surface area contributed by atoms with Crippen LogP contribution in [0.4, 0.5) is 4.79 Å². The molecule has 23 heavy (non-hydrogen) atoms. The van der Waals surface area contributed by atoms with E-state index in [-0.39, 0.29) is 23.2 Å². The van der Waals surface area contributed by atoms with E-state index in [1.54, 1.807) is 0 Å². The molecule has 3 aliphatic rings. The number of carbonyl (C=O) groups excluding carboxylic acids is 1. The highest BCUT2D eigenvalue weighted by atomic mass is 16.6. The van der Waals surface area contributed by atoms with Gasteiger partial charge in [0.1, 0.15) is 0 Å². The molecule has 3 atom stereocenters. The number of nitrogens with zero attached hydrogens (tertiary/aromatic N) is 1. The molecule has 3 fully saturated rings. The van der Waals surface area contributed by atoms with Crippen LogP contribution in [0, 0.1) is 11.3 Å². The Morgan fingerprint density at radius 1 is 1.39 bits per heavy atom. The molecule has 132 valence electrons. The standard InChI is InChI=1S/C18H32N2O3/c1-5-22-16(21)20-9-6-13(10-15(20)17(2,3)4)14-11-19-12-18(23-14)7-8-18/h13-15,19H,5-12H2,1-4H3. The minimum Gasteiger partial charge on any atom is -0.450 e. The third kappa shape index (κ3) is 3.66. The molecule has 2 heterocycles. The van der Waals surface area contributed by atoms with Crippen molar-refractivity contribution >= 4 is 6.09 Å². The molecule has 2 aliphatic heterocycles. The Morgan fingerprint density at radius 2 is 2.13 bits per heavy atom. The Hall–Kier alpha value is -0.810. The molecule has 1 spiro atoms. The number of hydrogen-bond acceptors (Lipinski definition) is 4. The van der Waals surface area contributed by atoms with Gasteiger partial charge in [-0.15, -0.1) is 0 Å². The van der Waals surface area contributed by atoms with Gasteiger partial charge in [-0.3, -0.25) is 0 Å². The molecule has 5 nitrogen and oxygen atoms in total. The topological polar surface area (TPSA) is 50.8 Å². The summed E-state index contributed by atoms with van der Waals surface area (Å²) < 4.78 is 11.7. The predicted octanol–water partition coefficient (Wildman–Crippen LogP) is 2.79. The number of rotatable bonds is 2. The number of likely N-dealkylation sites (tertiary alicyclic amines) is 1. The summed E-state index contributed by atoms with van der Waals surface area (Å²) in [5.74, 6) is 0.523. The summed E-state index contributed by atoms with van der Waals surface area (Å²) >= 11 is 0. The zero-order valence-corrected chi connectivity index (χ0v) is 15.1. The second kappa shape index (κ2) is 6.25. The Labute approximate surface area is 140 Å². The van der Waals surface area contributed by atoms with Crippen LogP contribution in [0.5, 0.6) is 0 Å². The van der Waals surface area contributed by atoms with E-state index in [0.29, 0.717) is 18.6 Å². The molecule has 0 aromatic heterocycles. The zero-order chi connectivity index (χ0) is 16.7. The predicted molar refractivity (Wildman–Crippen MR) is 89.4 cm³/mol. The van der Waals surface area contributed by atoms with Gasteiger partial charge in [0.2, 0.25) is 0 Å². The fourth-order valence-corrected chi connectivity index (χ4v) is 4.12. The van der Waals surface area contributed by atoms with Gasteiger partial charge in [0.25, 0.3) is 0 Å². The Kier molecular flexibility index (Phi) is 4.62. The van der Waals surface area contributed by atoms with E-state index in [4.69, 9.17) is 9.47 Å². The third-order valence-corrected chi connectivity index (χ3v) is 5.67. The van der Waals surface area contributed by atoms with Crippen LogP contribution in [0.2, 0.25) is 0 Å². The first-order chi connectivity index (χ1) is 10.8. The molecule has 0 aromatic rings. The summed E-state index contributed by atoms with van der Waals surface area (Å²) in [5, 5.41) is 3.56. The minimum atomic E-state index is -0.160. The highest BCUT2D eigenvalue weighted by Crippen LogP contribution is 2.45. The fourth-order valence-electron chi connectivity index (χ4n) is 4.12. The normalized spacial score (nSPS) is 33.6. The largest absolute Gasteiger partial charge is 0.450 e. The van der Waals surface area contributed by atoms with Crippen LogP contribution in [0.25, 0.3) is 0 Å². The quantitative estimate of drug-likeness (QED) is 0.848. The van der Waals surface area contributed by atoms with Crippen LogP contribution in [-0.4, -0.2) is 55.0 Å². The summed E-state index contributed by atoms with van der Waals surface area (Å²) in [6.45, 7) is 11.7. The fraction of sp³-hybridized carbons (Fsp3) is 0.944. The van der Waals surface area contributed by atoms with Gasteiger partial charge in [0.15, 0.2) is 0 Å². The molecule has 1 amide bonds. The van der Waals surface area contributed by atoms with E-state index in [1.807, 2.05) is 11.8 Å². The van der Waals surface area contributed by atoms with Crippen molar-refractivity contribution in [3.8, 4) is 0 Å². The molecular weight excluding hydrogens is 292 g/mol. The van der Waals surface area contributed by atoms with Crippen molar-refractivity contribution in [2.75, 3.05) is 26.2 Å². The van der Waals surface area contributed by atoms with Crippen LogP contribution in [0.3, 0.4) is 0 Å². The van der Waals surface area contributed by atoms with Gasteiger partial charge in [-0.05, 0) is 43.9 Å². The smallest absolute Gasteiger partial charge is 0.410 e. The first kappa shape index (κ1) is 17.0. The molecule has 0 radical (unpaired) electrons. The molecule has 3 unspecified atom stereocenters. The molecule has 0 aromatic carbocycles. The third-order valence-electron chi connectivity index (χ3n) is 5.67. The lowest BCUT2D eigenvalue weighted by Crippen LogP contribution is -2.56. The van der Waals surface area contributed by atoms with Gasteiger partial charge < -0.3 is 19.7 Å². The van der Waals surface area contributed by atoms with Crippen molar-refractivity contribution in [1.29, 1.82) is 0 Å². The van der Waals surface area contributed by atoms with E-state index in [1.165, 1.54) is 12.8 Å². The van der Waals surface area contributed by atoms with Crippen molar-refractivity contribution in [3.63, 3.8) is 0 Å². The number of ether oxygens (including phenoxy) is 2. The minimum absolute atomic E-state index is 0.0464. The highest BCUT2D eigenvalue weighted by Gasteiger charge is 2.50. The van der Waals surface area contributed by atoms with E-state index in [9.17, 15) is 4.79 Å². The van der Waals surface area contributed by atoms with Crippen molar-refractivity contribution in [2.45, 2.75) is 71.1 Å². The molecule has 0 bridgehead atoms. The summed E-state index contributed by atoms with van der Waals surface area (Å²) in [6.07, 6.45) is 4.54. The average Bonchev–Trinajstić information content (AvgIpc) is 3.25. The number of morpholine rings is 1. The highest BCUT2D eigenvalue weighted by molar-refractivity contribution is 5.68. The number of nitrogens with one attached hydrogen (secondary N) is 1. The molecule has 2 saturated heterocycles. The number of amides is 1. The molecule has 1 aliphatic carbocycles. The van der Waals surface area contributed by atoms with Crippen molar-refractivity contribution < 1.29 is 14.3 Å². The molecule has 5 heteroatoms. The van der Waals surface area contributed by atoms with Gasteiger partial charge in [-0.1, -0.05) is 20.8 Å². The van der Waals surface area contributed by atoms with Gasteiger partial charge in [0.05, 0.1) is 18.3 Å². The second-order valence-corrected chi connectivity index (χ2v) is 8.53. The van der Waals surface area contributed by atoms with E-state index in [0.717, 1.165) is 32.5 Å². The van der Waals surface area contributed by atoms with Crippen LogP contribution in [-0.2, 0) is 9.47 Å². The van der Waals surface area contributed by atoms with Crippen molar-refractivity contribution in [1.82, 2.24) is 10.2 Å². The van der Waals surface area contributed by atoms with Crippen LogP contribution < -0.4 is 5.32 Å². The van der Waals surface area contributed by atoms with E-state index in [2.05, 4.69) is 26.1 Å². The molecule has 1 saturated carbocycles. The lowest BCUT2D eigenvalue weighted by molar-refractivity contribution is -0.101. The maximum atomic E-state index is 12.3. The van der Waals surface area contributed by atoms with Gasteiger partial charge in [-0.25, -0.2) is 4.79 Å². The summed E-state index contributed by atoms with van der Waals surface area (Å²) in [7, 11) is 0. The van der Waals surface area contributed by atoms with E-state index < -0.39 is 0 Å². The lowest BCUT2D eigenvalue weighted by Gasteiger charge is -2.48. The van der Waals surface area contributed by atoms with Crippen LogP contribution >= 0.6 is 0 Å². The average molecular weight is 324 g/mol. The maximum Gasteiger partial charge on any atom is 0.410 e. The molecular formula is C18H32N2O3. The summed E-state index contributed by atoms with van der Waals surface area (Å²) in [5.41, 5.74) is 0.184. The molecule has 3 rings (SSSR count). The first-order valence-electron chi connectivity index (χ1n) is 9.16. The lowest BCUT2D eigenvalue weighted by atomic mass is 9.75. The first-order valence-corrected chi connectivity index (χ1v) is 9.16. The van der Waals surface area contributed by atoms with Gasteiger partial charge >= 0.3 is 6.09 Å². The zero-order valence-electron chi connectivity index (χ0n) is 15.1. The van der Waals surface area contributed by atoms with Crippen LogP contribution in [0.15, 0.2) is 0 Å². The van der Waals surface area contributed by atoms with Gasteiger partial charge in [0, 0.05) is 25.7 Å². The maximum absolute atomic E-state index is 12.3. The number of hydrogen-bond donors (Lipinski definition) is 1. The van der Waals surface area contributed by atoms with Crippen LogP contribution in [0.1, 0.15) is 53.4 Å². The Bertz CT molecular complexity index is 442. The number of carbonyl (C=O) groups is 1. The molecule has 1 N–H and O–H groups in total.